The zero-order valence-electron chi connectivity index (χ0n) is 19.9. The van der Waals surface area contributed by atoms with Crippen molar-refractivity contribution in [3.8, 4) is 5.75 Å². The minimum absolute atomic E-state index is 0.0226. The Balaban J connectivity index is 1.57. The van der Waals surface area contributed by atoms with Crippen LogP contribution in [0.25, 0.3) is 0 Å². The van der Waals surface area contributed by atoms with Gasteiger partial charge < -0.3 is 14.8 Å². The van der Waals surface area contributed by atoms with Crippen molar-refractivity contribution in [3.05, 3.63) is 81.8 Å². The molecule has 182 valence electrons. The largest absolute Gasteiger partial charge is 0.493 e. The molecule has 6 nitrogen and oxygen atoms in total. The molecule has 0 spiro atoms. The molecule has 1 saturated carbocycles. The predicted octanol–water partition coefficient (Wildman–Crippen LogP) is 7.62. The Hall–Kier alpha value is -3.32. The van der Waals surface area contributed by atoms with Gasteiger partial charge in [0.15, 0.2) is 5.78 Å². The Bertz CT molecular complexity index is 1220. The summed E-state index contributed by atoms with van der Waals surface area (Å²) in [6.07, 6.45) is 3.51. The van der Waals surface area contributed by atoms with Crippen LogP contribution in [0, 0.1) is 6.92 Å². The monoisotopic (exact) mass is 536 g/mol. The number of ketones is 1. The molecule has 1 aliphatic rings. The Morgan fingerprint density at radius 3 is 2.49 bits per heavy atom. The van der Waals surface area contributed by atoms with E-state index in [1.54, 1.807) is 12.1 Å². The van der Waals surface area contributed by atoms with E-state index >= 15 is 0 Å². The fraction of sp³-hybridized carbons (Fsp3) is 0.286. The number of halogens is 1. The number of hydrogen-bond acceptors (Lipinski definition) is 5. The van der Waals surface area contributed by atoms with Gasteiger partial charge in [-0.25, -0.2) is 4.79 Å². The van der Waals surface area contributed by atoms with Gasteiger partial charge in [-0.2, -0.15) is 0 Å². The van der Waals surface area contributed by atoms with Gasteiger partial charge in [0, 0.05) is 21.8 Å². The van der Waals surface area contributed by atoms with Crippen molar-refractivity contribution < 1.29 is 19.1 Å². The number of ether oxygens (including phenoxy) is 2. The van der Waals surface area contributed by atoms with Crippen LogP contribution >= 0.6 is 15.9 Å². The van der Waals surface area contributed by atoms with Crippen LogP contribution < -0.4 is 15.4 Å². The van der Waals surface area contributed by atoms with E-state index in [1.807, 2.05) is 62.4 Å². The average Bonchev–Trinajstić information content (AvgIpc) is 3.34. The van der Waals surface area contributed by atoms with Crippen LogP contribution in [0.5, 0.6) is 5.75 Å². The average molecular weight is 537 g/mol. The van der Waals surface area contributed by atoms with Crippen LogP contribution in [-0.4, -0.2) is 24.6 Å². The summed E-state index contributed by atoms with van der Waals surface area (Å²) in [6.45, 7) is 4.23. The Morgan fingerprint density at radius 1 is 0.971 bits per heavy atom. The Kier molecular flexibility index (Phi) is 8.08. The molecule has 0 atom stereocenters. The summed E-state index contributed by atoms with van der Waals surface area (Å²) >= 11 is 3.47. The fourth-order valence-electron chi connectivity index (χ4n) is 4.22. The molecule has 1 aliphatic carbocycles. The minimum Gasteiger partial charge on any atom is -0.493 e. The zero-order valence-corrected chi connectivity index (χ0v) is 21.5. The fourth-order valence-corrected chi connectivity index (χ4v) is 4.58. The number of hydrogen-bond donors (Lipinski definition) is 2. The molecular weight excluding hydrogens is 508 g/mol. The molecule has 7 heteroatoms. The first-order valence-corrected chi connectivity index (χ1v) is 12.6. The van der Waals surface area contributed by atoms with Crippen LogP contribution in [0.2, 0.25) is 0 Å². The second-order valence-electron chi connectivity index (χ2n) is 8.54. The van der Waals surface area contributed by atoms with Gasteiger partial charge in [-0.05, 0) is 75.4 Å². The number of carbonyl (C=O) groups is 2. The Morgan fingerprint density at radius 2 is 1.74 bits per heavy atom. The molecule has 0 bridgehead atoms. The molecule has 0 heterocycles. The third-order valence-electron chi connectivity index (χ3n) is 5.99. The first-order chi connectivity index (χ1) is 16.9. The lowest BCUT2D eigenvalue weighted by Crippen LogP contribution is -2.20. The topological polar surface area (TPSA) is 76.7 Å². The van der Waals surface area contributed by atoms with E-state index in [2.05, 4.69) is 26.6 Å². The number of aryl methyl sites for hydroxylation is 1. The quantitative estimate of drug-likeness (QED) is 0.289. The second kappa shape index (κ2) is 11.4. The first-order valence-electron chi connectivity index (χ1n) is 11.9. The van der Waals surface area contributed by atoms with Crippen LogP contribution in [-0.2, 0) is 4.74 Å². The van der Waals surface area contributed by atoms with E-state index in [9.17, 15) is 9.59 Å². The third-order valence-corrected chi connectivity index (χ3v) is 6.48. The van der Waals surface area contributed by atoms with Gasteiger partial charge in [0.1, 0.15) is 11.9 Å². The van der Waals surface area contributed by atoms with E-state index in [4.69, 9.17) is 9.47 Å². The number of anilines is 3. The number of nitrogens with one attached hydrogen (secondary N) is 2. The summed E-state index contributed by atoms with van der Waals surface area (Å²) in [7, 11) is 0. The standard InChI is InChI=1S/C28H29BrN2O4/c1-3-34-26-17-20(13-14-23(26)27(32)22-11-7-4-8-18(22)2)30-24-15-12-19(29)16-25(24)31-28(33)35-21-9-5-6-10-21/h4,7-8,11-17,21,30H,3,5-6,9-10H2,1-2H3,(H,31,33). The van der Waals surface area contributed by atoms with Crippen LogP contribution in [0.3, 0.4) is 0 Å². The molecule has 0 saturated heterocycles. The Labute approximate surface area is 214 Å². The smallest absolute Gasteiger partial charge is 0.411 e. The molecule has 1 amide bonds. The van der Waals surface area contributed by atoms with Crippen molar-refractivity contribution in [2.24, 2.45) is 0 Å². The van der Waals surface area contributed by atoms with Crippen molar-refractivity contribution in [1.29, 1.82) is 0 Å². The summed E-state index contributed by atoms with van der Waals surface area (Å²) in [5.74, 6) is 0.414. The first kappa shape index (κ1) is 24.8. The molecule has 0 aliphatic heterocycles. The SMILES string of the molecule is CCOc1cc(Nc2ccc(Br)cc2NC(=O)OC2CCCC2)ccc1C(=O)c1ccccc1C. The lowest BCUT2D eigenvalue weighted by atomic mass is 9.98. The molecule has 35 heavy (non-hydrogen) atoms. The van der Waals surface area contributed by atoms with Crippen molar-refractivity contribution in [3.63, 3.8) is 0 Å². The highest BCUT2D eigenvalue weighted by molar-refractivity contribution is 9.10. The van der Waals surface area contributed by atoms with Crippen molar-refractivity contribution in [1.82, 2.24) is 0 Å². The van der Waals surface area contributed by atoms with Gasteiger partial charge in [0.2, 0.25) is 0 Å². The van der Waals surface area contributed by atoms with Crippen LogP contribution in [0.1, 0.15) is 54.1 Å². The molecule has 4 rings (SSSR count). The lowest BCUT2D eigenvalue weighted by Gasteiger charge is -2.17. The van der Waals surface area contributed by atoms with E-state index in [-0.39, 0.29) is 11.9 Å². The van der Waals surface area contributed by atoms with Crippen molar-refractivity contribution >= 4 is 44.9 Å². The molecule has 3 aromatic rings. The van der Waals surface area contributed by atoms with E-state index in [0.717, 1.165) is 41.4 Å². The highest BCUT2D eigenvalue weighted by Crippen LogP contribution is 2.33. The molecular formula is C28H29BrN2O4. The molecule has 0 radical (unpaired) electrons. The lowest BCUT2D eigenvalue weighted by molar-refractivity contribution is 0.103. The summed E-state index contributed by atoms with van der Waals surface area (Å²) in [4.78, 5) is 25.7. The zero-order chi connectivity index (χ0) is 24.8. The van der Waals surface area contributed by atoms with Gasteiger partial charge >= 0.3 is 6.09 Å². The van der Waals surface area contributed by atoms with Gasteiger partial charge in [0.25, 0.3) is 0 Å². The molecule has 0 aromatic heterocycles. The van der Waals surface area contributed by atoms with Crippen molar-refractivity contribution in [2.45, 2.75) is 45.6 Å². The third kappa shape index (κ3) is 6.22. The van der Waals surface area contributed by atoms with Gasteiger partial charge in [0.05, 0.1) is 23.5 Å². The normalized spacial score (nSPS) is 13.3. The molecule has 1 fully saturated rings. The summed E-state index contributed by atoms with van der Waals surface area (Å²) < 4.78 is 12.2. The maximum atomic E-state index is 13.2. The minimum atomic E-state index is -0.466. The predicted molar refractivity (Wildman–Crippen MR) is 142 cm³/mol. The highest BCUT2D eigenvalue weighted by Gasteiger charge is 2.20. The number of carbonyl (C=O) groups excluding carboxylic acids is 2. The summed E-state index contributed by atoms with van der Waals surface area (Å²) in [5, 5.41) is 6.19. The maximum absolute atomic E-state index is 13.2. The summed E-state index contributed by atoms with van der Waals surface area (Å²) in [5.41, 5.74) is 4.06. The van der Waals surface area contributed by atoms with Crippen LogP contribution in [0.15, 0.2) is 65.1 Å². The summed E-state index contributed by atoms with van der Waals surface area (Å²) in [6, 6.07) is 18.5. The molecule has 3 aromatic carbocycles. The second-order valence-corrected chi connectivity index (χ2v) is 9.46. The van der Waals surface area contributed by atoms with E-state index < -0.39 is 6.09 Å². The molecule has 2 N–H and O–H groups in total. The van der Waals surface area contributed by atoms with E-state index in [1.165, 1.54) is 0 Å². The maximum Gasteiger partial charge on any atom is 0.411 e. The van der Waals surface area contributed by atoms with Gasteiger partial charge in [-0.3, -0.25) is 10.1 Å². The number of benzene rings is 3. The van der Waals surface area contributed by atoms with E-state index in [0.29, 0.717) is 34.9 Å². The molecule has 0 unspecified atom stereocenters. The number of rotatable bonds is 8. The van der Waals surface area contributed by atoms with Crippen LogP contribution in [0.4, 0.5) is 21.9 Å². The number of amides is 1. The van der Waals surface area contributed by atoms with Crippen molar-refractivity contribution in [2.75, 3.05) is 17.2 Å². The van der Waals surface area contributed by atoms with Gasteiger partial charge in [-0.15, -0.1) is 0 Å². The highest BCUT2D eigenvalue weighted by atomic mass is 79.9. The van der Waals surface area contributed by atoms with Gasteiger partial charge in [-0.1, -0.05) is 40.2 Å².